The Balaban J connectivity index is 1.90. The Hall–Kier alpha value is -1.55. The van der Waals surface area contributed by atoms with E-state index in [-0.39, 0.29) is 11.9 Å². The topological polar surface area (TPSA) is 33.5 Å². The third-order valence-corrected chi connectivity index (χ3v) is 4.51. The van der Waals surface area contributed by atoms with E-state index in [0.29, 0.717) is 23.1 Å². The van der Waals surface area contributed by atoms with Gasteiger partial charge in [0.25, 0.3) is 5.91 Å². The number of carbonyl (C=O) groups excluding carboxylic acids is 1. The van der Waals surface area contributed by atoms with E-state index in [1.807, 2.05) is 56.4 Å². The third kappa shape index (κ3) is 5.24. The molecule has 0 bridgehead atoms. The largest absolute Gasteiger partial charge is 0.347 e. The number of quaternary nitrogens is 1. The fourth-order valence-corrected chi connectivity index (χ4v) is 2.76. The van der Waals surface area contributed by atoms with Crippen LogP contribution in [0.2, 0.25) is 10.0 Å². The smallest absolute Gasteiger partial charge is 0.278 e. The number of hydrogen-bond donors (Lipinski definition) is 2. The van der Waals surface area contributed by atoms with E-state index >= 15 is 0 Å². The van der Waals surface area contributed by atoms with Gasteiger partial charge < -0.3 is 10.2 Å². The van der Waals surface area contributed by atoms with Gasteiger partial charge in [-0.25, -0.2) is 0 Å². The van der Waals surface area contributed by atoms with Gasteiger partial charge in [-0.15, -0.1) is 0 Å². The maximum atomic E-state index is 12.3. The number of halogens is 2. The highest BCUT2D eigenvalue weighted by Crippen LogP contribution is 2.20. The monoisotopic (exact) mass is 351 g/mol. The van der Waals surface area contributed by atoms with Crippen molar-refractivity contribution in [2.75, 3.05) is 7.05 Å². The molecule has 2 aromatic carbocycles. The second-order valence-electron chi connectivity index (χ2n) is 5.68. The predicted molar refractivity (Wildman–Crippen MR) is 94.8 cm³/mol. The van der Waals surface area contributed by atoms with Crippen LogP contribution < -0.4 is 10.2 Å². The maximum Gasteiger partial charge on any atom is 0.278 e. The van der Waals surface area contributed by atoms with E-state index < -0.39 is 0 Å². The lowest BCUT2D eigenvalue weighted by molar-refractivity contribution is -0.908. The summed E-state index contributed by atoms with van der Waals surface area (Å²) >= 11 is 12.1. The van der Waals surface area contributed by atoms with Crippen molar-refractivity contribution in [2.45, 2.75) is 26.1 Å². The summed E-state index contributed by atoms with van der Waals surface area (Å²) in [4.78, 5) is 13.4. The Morgan fingerprint density at radius 2 is 1.87 bits per heavy atom. The summed E-state index contributed by atoms with van der Waals surface area (Å²) in [6.07, 6.45) is 0. The van der Waals surface area contributed by atoms with Crippen LogP contribution in [0.25, 0.3) is 0 Å². The molecular formula is C18H21Cl2N2O+. The molecule has 1 amide bonds. The maximum absolute atomic E-state index is 12.3. The Morgan fingerprint density at radius 1 is 1.17 bits per heavy atom. The van der Waals surface area contributed by atoms with Crippen molar-refractivity contribution in [1.29, 1.82) is 0 Å². The van der Waals surface area contributed by atoms with Gasteiger partial charge >= 0.3 is 0 Å². The highest BCUT2D eigenvalue weighted by Gasteiger charge is 2.22. The summed E-state index contributed by atoms with van der Waals surface area (Å²) in [6.45, 7) is 3.12. The fourth-order valence-electron chi connectivity index (χ4n) is 2.28. The highest BCUT2D eigenvalue weighted by molar-refractivity contribution is 6.35. The number of likely N-dealkylation sites (N-methyl/N-ethyl adjacent to an activating group) is 1. The number of carbonyl (C=O) groups is 1. The third-order valence-electron chi connectivity index (χ3n) is 3.93. The fraction of sp³-hybridized carbons (Fsp3) is 0.278. The number of rotatable bonds is 6. The van der Waals surface area contributed by atoms with Gasteiger partial charge in [0.15, 0.2) is 6.04 Å². The minimum absolute atomic E-state index is 0.0245. The summed E-state index contributed by atoms with van der Waals surface area (Å²) in [6, 6.07) is 15.2. The molecule has 23 heavy (non-hydrogen) atoms. The van der Waals surface area contributed by atoms with Crippen LogP contribution in [0.5, 0.6) is 0 Å². The molecule has 0 aliphatic carbocycles. The van der Waals surface area contributed by atoms with Crippen molar-refractivity contribution in [1.82, 2.24) is 5.32 Å². The van der Waals surface area contributed by atoms with E-state index in [1.165, 1.54) is 0 Å². The van der Waals surface area contributed by atoms with E-state index in [2.05, 4.69) is 5.32 Å². The average molecular weight is 352 g/mol. The molecule has 0 saturated heterocycles. The van der Waals surface area contributed by atoms with Gasteiger partial charge in [-0.2, -0.15) is 0 Å². The predicted octanol–water partition coefficient (Wildman–Crippen LogP) is 2.71. The second kappa shape index (κ2) is 8.34. The molecule has 1 unspecified atom stereocenters. The number of hydrogen-bond acceptors (Lipinski definition) is 1. The van der Waals surface area contributed by atoms with E-state index in [9.17, 15) is 4.79 Å². The first kappa shape index (κ1) is 17.8. The van der Waals surface area contributed by atoms with Crippen LogP contribution in [0.4, 0.5) is 0 Å². The first-order valence-corrected chi connectivity index (χ1v) is 8.31. The van der Waals surface area contributed by atoms with E-state index in [0.717, 1.165) is 16.0 Å². The van der Waals surface area contributed by atoms with Gasteiger partial charge in [0, 0.05) is 17.1 Å². The van der Waals surface area contributed by atoms with Gasteiger partial charge in [-0.05, 0) is 24.6 Å². The Kier molecular flexibility index (Phi) is 6.46. The van der Waals surface area contributed by atoms with Crippen molar-refractivity contribution >= 4 is 29.1 Å². The summed E-state index contributed by atoms with van der Waals surface area (Å²) in [7, 11) is 1.98. The van der Waals surface area contributed by atoms with E-state index in [1.54, 1.807) is 6.07 Å². The van der Waals surface area contributed by atoms with Gasteiger partial charge in [0.2, 0.25) is 0 Å². The molecule has 0 saturated carbocycles. The minimum atomic E-state index is -0.176. The van der Waals surface area contributed by atoms with Crippen LogP contribution in [-0.2, 0) is 17.9 Å². The Bertz CT molecular complexity index is 661. The van der Waals surface area contributed by atoms with Crippen molar-refractivity contribution in [3.8, 4) is 0 Å². The van der Waals surface area contributed by atoms with Crippen LogP contribution >= 0.6 is 23.2 Å². The number of nitrogens with one attached hydrogen (secondary N) is 2. The summed E-state index contributed by atoms with van der Waals surface area (Å²) < 4.78 is 0. The van der Waals surface area contributed by atoms with Gasteiger partial charge in [0.05, 0.1) is 12.1 Å². The quantitative estimate of drug-likeness (QED) is 0.824. The molecule has 122 valence electrons. The zero-order chi connectivity index (χ0) is 16.8. The van der Waals surface area contributed by atoms with Crippen LogP contribution in [0.15, 0.2) is 48.5 Å². The summed E-state index contributed by atoms with van der Waals surface area (Å²) in [5, 5.41) is 4.22. The minimum Gasteiger partial charge on any atom is -0.347 e. The van der Waals surface area contributed by atoms with Crippen LogP contribution in [-0.4, -0.2) is 19.0 Å². The van der Waals surface area contributed by atoms with Gasteiger partial charge in [-0.1, -0.05) is 59.6 Å². The standard InChI is InChI=1S/C18H20Cl2N2O/c1-13(18(23)21-11-14-6-4-3-5-7-14)22(2)12-15-8-9-16(19)10-17(15)20/h3-10,13H,11-12H2,1-2H3,(H,21,23)/p+1/t13-/m1/s1. The molecule has 0 radical (unpaired) electrons. The Morgan fingerprint density at radius 3 is 2.52 bits per heavy atom. The number of benzene rings is 2. The molecule has 0 aliphatic rings. The van der Waals surface area contributed by atoms with Gasteiger partial charge in [-0.3, -0.25) is 4.79 Å². The molecule has 0 aromatic heterocycles. The lowest BCUT2D eigenvalue weighted by atomic mass is 10.1. The molecule has 0 aliphatic heterocycles. The molecule has 2 atom stereocenters. The normalized spacial score (nSPS) is 13.4. The molecule has 0 spiro atoms. The van der Waals surface area contributed by atoms with Gasteiger partial charge in [0.1, 0.15) is 6.54 Å². The Labute approximate surface area is 147 Å². The molecule has 2 aromatic rings. The zero-order valence-electron chi connectivity index (χ0n) is 13.3. The summed E-state index contributed by atoms with van der Waals surface area (Å²) in [5.41, 5.74) is 2.07. The first-order valence-electron chi connectivity index (χ1n) is 7.55. The van der Waals surface area contributed by atoms with Crippen molar-refractivity contribution in [2.24, 2.45) is 0 Å². The summed E-state index contributed by atoms with van der Waals surface area (Å²) in [5.74, 6) is 0.0245. The van der Waals surface area contributed by atoms with Crippen molar-refractivity contribution < 1.29 is 9.69 Å². The van der Waals surface area contributed by atoms with Crippen LogP contribution in [0.3, 0.4) is 0 Å². The zero-order valence-corrected chi connectivity index (χ0v) is 14.8. The number of amides is 1. The molecule has 2 rings (SSSR count). The van der Waals surface area contributed by atoms with Crippen LogP contribution in [0, 0.1) is 0 Å². The SMILES string of the molecule is C[C@H](C(=O)NCc1ccccc1)[NH+](C)Cc1ccc(Cl)cc1Cl. The average Bonchev–Trinajstić information content (AvgIpc) is 2.55. The highest BCUT2D eigenvalue weighted by atomic mass is 35.5. The first-order chi connectivity index (χ1) is 11.0. The van der Waals surface area contributed by atoms with Crippen molar-refractivity contribution in [3.63, 3.8) is 0 Å². The van der Waals surface area contributed by atoms with Crippen LogP contribution in [0.1, 0.15) is 18.1 Å². The molecule has 3 nitrogen and oxygen atoms in total. The lowest BCUT2D eigenvalue weighted by Crippen LogP contribution is -3.12. The molecular weight excluding hydrogens is 331 g/mol. The molecule has 0 heterocycles. The lowest BCUT2D eigenvalue weighted by Gasteiger charge is -2.21. The molecule has 2 N–H and O–H groups in total. The van der Waals surface area contributed by atoms with Crippen molar-refractivity contribution in [3.05, 3.63) is 69.7 Å². The molecule has 5 heteroatoms. The second-order valence-corrected chi connectivity index (χ2v) is 6.53. The van der Waals surface area contributed by atoms with E-state index in [4.69, 9.17) is 23.2 Å². The molecule has 0 fully saturated rings.